The third kappa shape index (κ3) is 3.38. The van der Waals surface area contributed by atoms with Crippen LogP contribution in [-0.4, -0.2) is 14.3 Å². The maximum atomic E-state index is 11.8. The van der Waals surface area contributed by atoms with Crippen molar-refractivity contribution < 1.29 is 17.6 Å². The van der Waals surface area contributed by atoms with Crippen LogP contribution in [0.25, 0.3) is 0 Å². The summed E-state index contributed by atoms with van der Waals surface area (Å²) in [6.45, 7) is 0.198. The van der Waals surface area contributed by atoms with E-state index in [9.17, 15) is 13.2 Å². The van der Waals surface area contributed by atoms with Gasteiger partial charge in [-0.05, 0) is 23.8 Å². The fourth-order valence-corrected chi connectivity index (χ4v) is 2.17. The number of nitrogens with one attached hydrogen (secondary N) is 1. The summed E-state index contributed by atoms with van der Waals surface area (Å²) < 4.78 is 26.9. The van der Waals surface area contributed by atoms with Crippen molar-refractivity contribution in [2.45, 2.75) is 11.6 Å². The first-order valence-corrected chi connectivity index (χ1v) is 7.44. The highest BCUT2D eigenvalue weighted by Crippen LogP contribution is 2.15. The first-order valence-electron chi connectivity index (χ1n) is 5.52. The van der Waals surface area contributed by atoms with Crippen molar-refractivity contribution in [2.75, 3.05) is 0 Å². The Labute approximate surface area is 120 Å². The number of carbonyl (C=O) groups is 1. The predicted octanol–water partition coefficient (Wildman–Crippen LogP) is 1.51. The largest absolute Gasteiger partial charge is 0.438 e. The first-order chi connectivity index (χ1) is 9.38. The Morgan fingerprint density at radius 2 is 1.95 bits per heavy atom. The fraction of sp³-hybridized carbons (Fsp3) is 0.0833. The molecule has 1 aromatic heterocycles. The Hall–Kier alpha value is -1.83. The molecule has 2 rings (SSSR count). The Morgan fingerprint density at radius 3 is 2.55 bits per heavy atom. The van der Waals surface area contributed by atoms with E-state index in [1.165, 1.54) is 6.07 Å². The SMILES string of the molecule is NS(=O)(=O)c1ccc(C(=O)NCc2ccccc2Cl)o1. The average molecular weight is 315 g/mol. The minimum absolute atomic E-state index is 0.138. The topological polar surface area (TPSA) is 102 Å². The quantitative estimate of drug-likeness (QED) is 0.892. The van der Waals surface area contributed by atoms with Gasteiger partial charge in [-0.2, -0.15) is 0 Å². The standard InChI is InChI=1S/C12H11ClN2O4S/c13-9-4-2-1-3-8(9)7-15-12(16)10-5-6-11(19-10)20(14,17)18/h1-6H,7H2,(H,15,16)(H2,14,17,18). The monoisotopic (exact) mass is 314 g/mol. The lowest BCUT2D eigenvalue weighted by molar-refractivity contribution is 0.0918. The molecule has 1 aromatic carbocycles. The molecule has 0 radical (unpaired) electrons. The van der Waals surface area contributed by atoms with Crippen molar-refractivity contribution in [2.24, 2.45) is 5.14 Å². The van der Waals surface area contributed by atoms with Crippen LogP contribution in [0.2, 0.25) is 5.02 Å². The summed E-state index contributed by atoms with van der Waals surface area (Å²) in [6, 6.07) is 9.40. The zero-order chi connectivity index (χ0) is 14.8. The Morgan fingerprint density at radius 1 is 1.25 bits per heavy atom. The minimum atomic E-state index is -3.96. The fourth-order valence-electron chi connectivity index (χ4n) is 1.50. The molecular formula is C12H11ClN2O4S. The van der Waals surface area contributed by atoms with E-state index in [4.69, 9.17) is 21.2 Å². The van der Waals surface area contributed by atoms with Gasteiger partial charge in [0.1, 0.15) is 0 Å². The Bertz CT molecular complexity index is 739. The third-order valence-electron chi connectivity index (χ3n) is 2.48. The Kier molecular flexibility index (Phi) is 4.12. The molecule has 6 nitrogen and oxygen atoms in total. The van der Waals surface area contributed by atoms with Crippen LogP contribution in [0, 0.1) is 0 Å². The number of hydrogen-bond acceptors (Lipinski definition) is 4. The van der Waals surface area contributed by atoms with E-state index >= 15 is 0 Å². The van der Waals surface area contributed by atoms with Gasteiger partial charge in [0.15, 0.2) is 5.76 Å². The van der Waals surface area contributed by atoms with Gasteiger partial charge in [-0.15, -0.1) is 0 Å². The van der Waals surface area contributed by atoms with Crippen LogP contribution < -0.4 is 10.5 Å². The zero-order valence-corrected chi connectivity index (χ0v) is 11.7. The van der Waals surface area contributed by atoms with Crippen molar-refractivity contribution in [3.63, 3.8) is 0 Å². The van der Waals surface area contributed by atoms with Crippen LogP contribution in [0.4, 0.5) is 0 Å². The second-order valence-corrected chi connectivity index (χ2v) is 5.84. The molecule has 0 unspecified atom stereocenters. The number of halogens is 1. The van der Waals surface area contributed by atoms with E-state index in [2.05, 4.69) is 5.32 Å². The van der Waals surface area contributed by atoms with E-state index in [1.807, 2.05) is 0 Å². The number of rotatable bonds is 4. The number of benzene rings is 1. The molecule has 20 heavy (non-hydrogen) atoms. The summed E-state index contributed by atoms with van der Waals surface area (Å²) in [6.07, 6.45) is 0. The molecule has 0 bridgehead atoms. The van der Waals surface area contributed by atoms with Gasteiger partial charge in [0, 0.05) is 11.6 Å². The minimum Gasteiger partial charge on any atom is -0.438 e. The number of primary sulfonamides is 1. The smallest absolute Gasteiger partial charge is 0.287 e. The molecule has 0 saturated heterocycles. The summed E-state index contributed by atoms with van der Waals surface area (Å²) in [4.78, 5) is 11.8. The number of carbonyl (C=O) groups excluding carboxylic acids is 1. The molecular weight excluding hydrogens is 304 g/mol. The van der Waals surface area contributed by atoms with Crippen LogP contribution in [-0.2, 0) is 16.6 Å². The van der Waals surface area contributed by atoms with Crippen molar-refractivity contribution in [1.29, 1.82) is 0 Å². The van der Waals surface area contributed by atoms with E-state index in [0.29, 0.717) is 5.02 Å². The number of sulfonamides is 1. The summed E-state index contributed by atoms with van der Waals surface area (Å²) in [5, 5.41) is 7.52. The van der Waals surface area contributed by atoms with Crippen molar-refractivity contribution in [3.8, 4) is 0 Å². The molecule has 8 heteroatoms. The lowest BCUT2D eigenvalue weighted by Crippen LogP contribution is -2.22. The van der Waals surface area contributed by atoms with Crippen LogP contribution in [0.3, 0.4) is 0 Å². The number of furan rings is 1. The summed E-state index contributed by atoms with van der Waals surface area (Å²) in [7, 11) is -3.96. The normalized spacial score (nSPS) is 11.3. The maximum absolute atomic E-state index is 11.8. The van der Waals surface area contributed by atoms with E-state index in [-0.39, 0.29) is 12.3 Å². The van der Waals surface area contributed by atoms with Gasteiger partial charge >= 0.3 is 0 Å². The van der Waals surface area contributed by atoms with Crippen LogP contribution in [0.15, 0.2) is 45.9 Å². The molecule has 1 heterocycles. The second kappa shape index (κ2) is 5.66. The number of hydrogen-bond donors (Lipinski definition) is 2. The van der Waals surface area contributed by atoms with Crippen molar-refractivity contribution in [3.05, 3.63) is 52.7 Å². The lowest BCUT2D eigenvalue weighted by atomic mass is 10.2. The van der Waals surface area contributed by atoms with E-state index < -0.39 is 21.0 Å². The second-order valence-electron chi connectivity index (χ2n) is 3.94. The molecule has 0 aliphatic rings. The number of amides is 1. The maximum Gasteiger partial charge on any atom is 0.287 e. The highest BCUT2D eigenvalue weighted by molar-refractivity contribution is 7.89. The third-order valence-corrected chi connectivity index (χ3v) is 3.63. The Balaban J connectivity index is 2.06. The molecule has 2 aromatic rings. The van der Waals surface area contributed by atoms with Gasteiger partial charge in [0.2, 0.25) is 5.09 Å². The first kappa shape index (κ1) is 14.6. The van der Waals surface area contributed by atoms with Gasteiger partial charge < -0.3 is 9.73 Å². The molecule has 0 saturated carbocycles. The molecule has 1 amide bonds. The molecule has 0 atom stereocenters. The predicted molar refractivity (Wildman–Crippen MR) is 72.7 cm³/mol. The average Bonchev–Trinajstić information content (AvgIpc) is 2.87. The van der Waals surface area contributed by atoms with Gasteiger partial charge in [-0.3, -0.25) is 4.79 Å². The van der Waals surface area contributed by atoms with Crippen molar-refractivity contribution in [1.82, 2.24) is 5.32 Å². The molecule has 0 aliphatic carbocycles. The number of nitrogens with two attached hydrogens (primary N) is 1. The van der Waals surface area contributed by atoms with Gasteiger partial charge in [-0.1, -0.05) is 29.8 Å². The summed E-state index contributed by atoms with van der Waals surface area (Å²) in [5.41, 5.74) is 0.737. The van der Waals surface area contributed by atoms with Gasteiger partial charge in [0.05, 0.1) is 0 Å². The van der Waals surface area contributed by atoms with Crippen LogP contribution >= 0.6 is 11.6 Å². The van der Waals surface area contributed by atoms with Crippen LogP contribution in [0.1, 0.15) is 16.1 Å². The van der Waals surface area contributed by atoms with Crippen molar-refractivity contribution >= 4 is 27.5 Å². The molecule has 0 spiro atoms. The highest BCUT2D eigenvalue weighted by atomic mass is 35.5. The lowest BCUT2D eigenvalue weighted by Gasteiger charge is -2.05. The zero-order valence-electron chi connectivity index (χ0n) is 10.2. The van der Waals surface area contributed by atoms with E-state index in [0.717, 1.165) is 11.6 Å². The molecule has 106 valence electrons. The van der Waals surface area contributed by atoms with E-state index in [1.54, 1.807) is 24.3 Å². The van der Waals surface area contributed by atoms with Crippen LogP contribution in [0.5, 0.6) is 0 Å². The molecule has 3 N–H and O–H groups in total. The van der Waals surface area contributed by atoms with Gasteiger partial charge in [0.25, 0.3) is 15.9 Å². The molecule has 0 fully saturated rings. The summed E-state index contributed by atoms with van der Waals surface area (Å²) in [5.74, 6) is -0.694. The summed E-state index contributed by atoms with van der Waals surface area (Å²) >= 11 is 5.95. The highest BCUT2D eigenvalue weighted by Gasteiger charge is 2.17. The van der Waals surface area contributed by atoms with Gasteiger partial charge in [-0.25, -0.2) is 13.6 Å². The molecule has 0 aliphatic heterocycles.